The molecule has 0 N–H and O–H groups in total. The van der Waals surface area contributed by atoms with Gasteiger partial charge >= 0.3 is 0 Å². The number of nitrogens with zero attached hydrogens (tertiary/aromatic N) is 3. The van der Waals surface area contributed by atoms with Crippen molar-refractivity contribution in [3.05, 3.63) is 99.7 Å². The summed E-state index contributed by atoms with van der Waals surface area (Å²) in [4.78, 5) is 15.1. The molecule has 0 saturated carbocycles. The minimum atomic E-state index is 0.653. The monoisotopic (exact) mass is 513 g/mol. The van der Waals surface area contributed by atoms with Crippen LogP contribution in [0.4, 0.5) is 0 Å². The lowest BCUT2D eigenvalue weighted by Gasteiger charge is -2.08. The van der Waals surface area contributed by atoms with E-state index in [4.69, 9.17) is 21.6 Å². The Hall–Kier alpha value is -1.86. The van der Waals surface area contributed by atoms with Crippen molar-refractivity contribution in [1.82, 2.24) is 15.0 Å². The predicted molar refractivity (Wildman–Crippen MR) is 130 cm³/mol. The molecule has 150 valence electrons. The van der Waals surface area contributed by atoms with Crippen LogP contribution in [0.25, 0.3) is 11.5 Å². The van der Waals surface area contributed by atoms with Crippen LogP contribution < -0.4 is 0 Å². The number of rotatable bonds is 7. The quantitative estimate of drug-likeness (QED) is 0.238. The van der Waals surface area contributed by atoms with Gasteiger partial charge in [-0.05, 0) is 60.2 Å². The lowest BCUT2D eigenvalue weighted by atomic mass is 10.2. The zero-order valence-corrected chi connectivity index (χ0v) is 19.8. The van der Waals surface area contributed by atoms with E-state index in [9.17, 15) is 0 Å². The van der Waals surface area contributed by atoms with Crippen LogP contribution in [0.15, 0.2) is 93.4 Å². The molecule has 0 atom stereocenters. The highest BCUT2D eigenvalue weighted by molar-refractivity contribution is 9.10. The summed E-state index contributed by atoms with van der Waals surface area (Å²) in [5.74, 6) is 2.34. The molecule has 0 aliphatic rings. The van der Waals surface area contributed by atoms with Crippen LogP contribution in [0.1, 0.15) is 11.3 Å². The van der Waals surface area contributed by atoms with Crippen LogP contribution in [-0.4, -0.2) is 15.0 Å². The lowest BCUT2D eigenvalue weighted by molar-refractivity contribution is 0.997. The van der Waals surface area contributed by atoms with Crippen molar-refractivity contribution in [3.63, 3.8) is 0 Å². The normalized spacial score (nSPS) is 10.9. The molecule has 0 aliphatic heterocycles. The molecule has 2 aromatic heterocycles. The van der Waals surface area contributed by atoms with Gasteiger partial charge in [0, 0.05) is 32.1 Å². The van der Waals surface area contributed by atoms with Crippen molar-refractivity contribution < 1.29 is 0 Å². The zero-order chi connectivity index (χ0) is 20.8. The van der Waals surface area contributed by atoms with Crippen LogP contribution >= 0.6 is 51.1 Å². The summed E-state index contributed by atoms with van der Waals surface area (Å²) >= 11 is 12.9. The van der Waals surface area contributed by atoms with Gasteiger partial charge in [0.25, 0.3) is 0 Å². The molecular weight excluding hydrogens is 498 g/mol. The third-order valence-corrected chi connectivity index (χ3v) is 6.86. The van der Waals surface area contributed by atoms with E-state index >= 15 is 0 Å². The van der Waals surface area contributed by atoms with E-state index in [0.717, 1.165) is 42.3 Å². The number of hydrogen-bond donors (Lipinski definition) is 0. The second-order valence-electron chi connectivity index (χ2n) is 6.41. The fraction of sp³-hybridized carbons (Fsp3) is 0.0870. The highest BCUT2D eigenvalue weighted by Crippen LogP contribution is 2.30. The molecule has 0 unspecified atom stereocenters. The Morgan fingerprint density at radius 3 is 2.40 bits per heavy atom. The number of halogens is 2. The largest absolute Gasteiger partial charge is 0.253 e. The Bertz CT molecular complexity index is 1110. The van der Waals surface area contributed by atoms with Gasteiger partial charge in [0.05, 0.1) is 5.69 Å². The second-order valence-corrected chi connectivity index (χ2v) is 9.84. The standard InChI is InChI=1S/C23H17BrClN3S2/c24-17-6-10-20(11-7-17)30-22-13-19(15-29-14-16-4-8-18(25)9-5-16)27-23(28-22)21-3-1-2-12-26-21/h1-13H,14-15H2. The summed E-state index contributed by atoms with van der Waals surface area (Å²) in [6.45, 7) is 0. The molecule has 0 spiro atoms. The molecule has 0 aliphatic carbocycles. The summed E-state index contributed by atoms with van der Waals surface area (Å²) in [5, 5.41) is 1.67. The molecule has 30 heavy (non-hydrogen) atoms. The van der Waals surface area contributed by atoms with Gasteiger partial charge in [-0.2, -0.15) is 11.8 Å². The SMILES string of the molecule is Clc1ccc(CSCc2cc(Sc3ccc(Br)cc3)nc(-c3ccccn3)n2)cc1. The average molecular weight is 515 g/mol. The highest BCUT2D eigenvalue weighted by Gasteiger charge is 2.10. The molecule has 0 amide bonds. The fourth-order valence-electron chi connectivity index (χ4n) is 2.69. The van der Waals surface area contributed by atoms with Crippen LogP contribution in [0.5, 0.6) is 0 Å². The van der Waals surface area contributed by atoms with Crippen LogP contribution in [0.3, 0.4) is 0 Å². The Labute approximate surface area is 197 Å². The van der Waals surface area contributed by atoms with Crippen molar-refractivity contribution in [2.24, 2.45) is 0 Å². The summed E-state index contributed by atoms with van der Waals surface area (Å²) < 4.78 is 1.06. The maximum Gasteiger partial charge on any atom is 0.179 e. The summed E-state index contributed by atoms with van der Waals surface area (Å²) in [6.07, 6.45) is 1.77. The van der Waals surface area contributed by atoms with Gasteiger partial charge in [-0.1, -0.05) is 57.5 Å². The van der Waals surface area contributed by atoms with Crippen molar-refractivity contribution in [1.29, 1.82) is 0 Å². The Balaban J connectivity index is 1.55. The van der Waals surface area contributed by atoms with E-state index in [1.54, 1.807) is 18.0 Å². The molecule has 2 aromatic carbocycles. The second kappa shape index (κ2) is 10.4. The Morgan fingerprint density at radius 2 is 1.67 bits per heavy atom. The number of benzene rings is 2. The first-order valence-corrected chi connectivity index (χ1v) is 12.3. The number of aromatic nitrogens is 3. The molecule has 7 heteroatoms. The van der Waals surface area contributed by atoms with E-state index in [0.29, 0.717) is 5.82 Å². The zero-order valence-electron chi connectivity index (χ0n) is 15.8. The molecular formula is C23H17BrClN3S2. The lowest BCUT2D eigenvalue weighted by Crippen LogP contribution is -1.98. The smallest absolute Gasteiger partial charge is 0.179 e. The minimum Gasteiger partial charge on any atom is -0.253 e. The molecule has 4 rings (SSSR count). The first-order valence-electron chi connectivity index (χ1n) is 9.21. The molecule has 0 fully saturated rings. The third kappa shape index (κ3) is 6.08. The van der Waals surface area contributed by atoms with Crippen LogP contribution in [0.2, 0.25) is 5.02 Å². The van der Waals surface area contributed by atoms with E-state index < -0.39 is 0 Å². The first-order chi connectivity index (χ1) is 14.7. The van der Waals surface area contributed by atoms with Gasteiger partial charge in [-0.25, -0.2) is 9.97 Å². The van der Waals surface area contributed by atoms with E-state index in [2.05, 4.69) is 51.2 Å². The maximum atomic E-state index is 5.98. The number of hydrogen-bond acceptors (Lipinski definition) is 5. The van der Waals surface area contributed by atoms with Crippen molar-refractivity contribution in [2.75, 3.05) is 0 Å². The molecule has 2 heterocycles. The molecule has 4 aromatic rings. The first kappa shape index (κ1) is 21.4. The van der Waals surface area contributed by atoms with Gasteiger partial charge in [0.1, 0.15) is 10.7 Å². The average Bonchev–Trinajstić information content (AvgIpc) is 2.77. The molecule has 3 nitrogen and oxygen atoms in total. The van der Waals surface area contributed by atoms with Crippen molar-refractivity contribution in [2.45, 2.75) is 21.4 Å². The maximum absolute atomic E-state index is 5.98. The van der Waals surface area contributed by atoms with Gasteiger partial charge < -0.3 is 0 Å². The molecule has 0 bridgehead atoms. The minimum absolute atomic E-state index is 0.653. The Kier molecular flexibility index (Phi) is 7.44. The van der Waals surface area contributed by atoms with E-state index in [1.165, 1.54) is 5.56 Å². The van der Waals surface area contributed by atoms with Gasteiger partial charge in [-0.3, -0.25) is 4.98 Å². The fourth-order valence-corrected chi connectivity index (χ4v) is 4.80. The summed E-state index contributed by atoms with van der Waals surface area (Å²) in [6, 6.07) is 24.0. The van der Waals surface area contributed by atoms with Crippen molar-refractivity contribution >= 4 is 51.1 Å². The van der Waals surface area contributed by atoms with Crippen molar-refractivity contribution in [3.8, 4) is 11.5 Å². The van der Waals surface area contributed by atoms with E-state index in [1.807, 2.05) is 54.2 Å². The van der Waals surface area contributed by atoms with Crippen LogP contribution in [0, 0.1) is 0 Å². The molecule has 0 radical (unpaired) electrons. The van der Waals surface area contributed by atoms with Gasteiger partial charge in [0.15, 0.2) is 5.82 Å². The van der Waals surface area contributed by atoms with E-state index in [-0.39, 0.29) is 0 Å². The van der Waals surface area contributed by atoms with Crippen LogP contribution in [-0.2, 0) is 11.5 Å². The number of pyridine rings is 1. The predicted octanol–water partition coefficient (Wildman–Crippen LogP) is 7.54. The summed E-state index contributed by atoms with van der Waals surface area (Å²) in [5.41, 5.74) is 3.01. The highest BCUT2D eigenvalue weighted by atomic mass is 79.9. The topological polar surface area (TPSA) is 38.7 Å². The third-order valence-electron chi connectivity index (χ3n) is 4.12. The van der Waals surface area contributed by atoms with Gasteiger partial charge in [0.2, 0.25) is 0 Å². The Morgan fingerprint density at radius 1 is 0.867 bits per heavy atom. The summed E-state index contributed by atoms with van der Waals surface area (Å²) in [7, 11) is 0. The van der Waals surface area contributed by atoms with Gasteiger partial charge in [-0.15, -0.1) is 0 Å². The molecule has 0 saturated heterocycles. The number of thioether (sulfide) groups is 1.